The molecule has 0 spiro atoms. The van der Waals surface area contributed by atoms with Crippen molar-refractivity contribution < 1.29 is 19.4 Å². The van der Waals surface area contributed by atoms with Crippen molar-refractivity contribution in [3.63, 3.8) is 0 Å². The van der Waals surface area contributed by atoms with E-state index < -0.39 is 21.7 Å². The summed E-state index contributed by atoms with van der Waals surface area (Å²) in [6.45, 7) is 29.4. The molecule has 9 rings (SSSR count). The monoisotopic (exact) mass is 1040 g/mol. The highest BCUT2D eigenvalue weighted by Crippen LogP contribution is 2.55. The minimum Gasteiger partial charge on any atom is -0.507 e. The van der Waals surface area contributed by atoms with Crippen molar-refractivity contribution >= 4 is 34.2 Å². The van der Waals surface area contributed by atoms with Gasteiger partial charge in [0.05, 0.1) is 16.9 Å². The average molecular weight is 1040 g/mol. The van der Waals surface area contributed by atoms with E-state index in [0.717, 1.165) is 121 Å². The van der Waals surface area contributed by atoms with Gasteiger partial charge in [0.15, 0.2) is 11.4 Å². The lowest BCUT2D eigenvalue weighted by Crippen LogP contribution is -2.31. The Balaban J connectivity index is 1.20. The molecule has 0 amide bonds. The van der Waals surface area contributed by atoms with Gasteiger partial charge in [0.1, 0.15) is 60.0 Å². The van der Waals surface area contributed by atoms with Gasteiger partial charge >= 0.3 is 0 Å². The lowest BCUT2D eigenvalue weighted by molar-refractivity contribution is -0.446. The third-order valence-corrected chi connectivity index (χ3v) is 17.6. The van der Waals surface area contributed by atoms with Crippen LogP contribution in [0.1, 0.15) is 157 Å². The zero-order valence-corrected chi connectivity index (χ0v) is 48.0. The van der Waals surface area contributed by atoms with Crippen LogP contribution in [0, 0.1) is 45.3 Å². The first-order valence-electron chi connectivity index (χ1n) is 28.3. The van der Waals surface area contributed by atoms with Crippen molar-refractivity contribution in [1.82, 2.24) is 0 Å². The molecular weight excluding hydrogens is 961 g/mol. The minimum absolute atomic E-state index is 0.0366. The van der Waals surface area contributed by atoms with E-state index in [9.17, 15) is 31.3 Å². The van der Waals surface area contributed by atoms with Crippen molar-refractivity contribution in [1.29, 1.82) is 21.0 Å². The van der Waals surface area contributed by atoms with Crippen LogP contribution in [0.4, 0.5) is 22.7 Å². The molecule has 3 aromatic rings. The molecular formula is C68H76N8O2+2. The molecule has 78 heavy (non-hydrogen) atoms. The molecule has 0 bridgehead atoms. The van der Waals surface area contributed by atoms with Crippen molar-refractivity contribution in [2.24, 2.45) is 0 Å². The average Bonchev–Trinajstić information content (AvgIpc) is 4.15. The van der Waals surface area contributed by atoms with Crippen molar-refractivity contribution in [2.75, 3.05) is 36.0 Å². The van der Waals surface area contributed by atoms with Crippen LogP contribution in [0.5, 0.6) is 0 Å². The molecule has 4 heterocycles. The van der Waals surface area contributed by atoms with Crippen LogP contribution in [0.3, 0.4) is 0 Å². The molecule has 6 aliphatic rings. The van der Waals surface area contributed by atoms with Gasteiger partial charge < -0.3 is 20.0 Å². The molecule has 10 heteroatoms. The number of para-hydroxylation sites is 2. The standard InChI is InChI=1S/C68H74N8O2/c1-13-17-29-73-53-27-23-21-25-49(53)65(5,6)57(73)33-45-61(43(39-69)40-70)47(63(45)77)35-59-67(9,10)51-37-52-56(38-55(51)75(59)31-19-15-3)76(32-20-16-4)60(68(52,11)12)36-48-62(44(41-71)42-72)46(64(48)78)34-58-66(7,8)50-26-22-24-28-54(50)74(58)30-18-14-2/h21-28,33-38H,13-20,29-32H2,1-12H3/p+2. The molecule has 2 aliphatic carbocycles. The summed E-state index contributed by atoms with van der Waals surface area (Å²) < 4.78 is 4.74. The van der Waals surface area contributed by atoms with Gasteiger partial charge in [0.2, 0.25) is 11.4 Å². The zero-order chi connectivity index (χ0) is 56.2. The van der Waals surface area contributed by atoms with Gasteiger partial charge in [-0.1, -0.05) is 117 Å². The lowest BCUT2D eigenvalue weighted by Gasteiger charge is -2.31. The van der Waals surface area contributed by atoms with E-state index in [-0.39, 0.29) is 22.7 Å². The number of allylic oxidation sites excluding steroid dienone is 12. The predicted molar refractivity (Wildman–Crippen MR) is 313 cm³/mol. The van der Waals surface area contributed by atoms with Crippen LogP contribution in [0.2, 0.25) is 0 Å². The summed E-state index contributed by atoms with van der Waals surface area (Å²) in [5, 5.41) is 66.7. The fourth-order valence-electron chi connectivity index (χ4n) is 13.0. The molecule has 0 unspecified atom stereocenters. The fourth-order valence-corrected chi connectivity index (χ4v) is 13.0. The Morgan fingerprint density at radius 3 is 1.19 bits per heavy atom. The Hall–Kier alpha value is -7.92. The molecule has 0 radical (unpaired) electrons. The third-order valence-electron chi connectivity index (χ3n) is 17.6. The SMILES string of the molecule is CCCCN1/C(=C/C2=C(O)C(=C\C3=[N+](CCCC)c4cc5c(cc4C3(C)C)C(C)(C)C(/C=C3C(O)=C(/C=C4/N(CCCC)c6ccccc6C4(C)C)C\3=C(C#N)C#N)=[N+]5CCCC)/C2=C(C#N)C#N)C(C)(C)c2ccccc21. The number of anilines is 2. The lowest BCUT2D eigenvalue weighted by atomic mass is 9.73. The maximum absolute atomic E-state index is 12.3. The predicted octanol–water partition coefficient (Wildman–Crippen LogP) is 15.2. The number of aliphatic hydroxyl groups is 2. The van der Waals surface area contributed by atoms with E-state index in [0.29, 0.717) is 46.5 Å². The summed E-state index contributed by atoms with van der Waals surface area (Å²) in [5.41, 5.74) is 13.9. The highest BCUT2D eigenvalue weighted by molar-refractivity contribution is 6.08. The summed E-state index contributed by atoms with van der Waals surface area (Å²) >= 11 is 0. The Morgan fingerprint density at radius 2 is 0.846 bits per heavy atom. The molecule has 3 aromatic carbocycles. The van der Waals surface area contributed by atoms with Crippen molar-refractivity contribution in [3.8, 4) is 24.3 Å². The smallest absolute Gasteiger partial charge is 0.216 e. The number of benzene rings is 3. The molecule has 0 atom stereocenters. The highest BCUT2D eigenvalue weighted by atomic mass is 16.3. The van der Waals surface area contributed by atoms with E-state index in [2.05, 4.69) is 187 Å². The first kappa shape index (κ1) is 54.9. The second-order valence-corrected chi connectivity index (χ2v) is 23.9. The van der Waals surface area contributed by atoms with E-state index >= 15 is 0 Å². The summed E-state index contributed by atoms with van der Waals surface area (Å²) in [5.74, 6) is 0.142. The topological polar surface area (TPSA) is 148 Å². The molecule has 10 nitrogen and oxygen atoms in total. The number of nitriles is 4. The number of fused-ring (bicyclic) bond motifs is 4. The van der Waals surface area contributed by atoms with Crippen molar-refractivity contribution in [3.05, 3.63) is 175 Å². The molecule has 398 valence electrons. The summed E-state index contributed by atoms with van der Waals surface area (Å²) in [6, 6.07) is 30.3. The summed E-state index contributed by atoms with van der Waals surface area (Å²) in [6.07, 6.45) is 15.8. The molecule has 0 saturated carbocycles. The van der Waals surface area contributed by atoms with Gasteiger partial charge in [-0.2, -0.15) is 30.2 Å². The molecule has 0 saturated heterocycles. The van der Waals surface area contributed by atoms with E-state index in [4.69, 9.17) is 0 Å². The van der Waals surface area contributed by atoms with Gasteiger partial charge in [0, 0.05) is 116 Å². The van der Waals surface area contributed by atoms with E-state index in [1.165, 1.54) is 11.1 Å². The number of rotatable bonds is 16. The second-order valence-electron chi connectivity index (χ2n) is 23.9. The second kappa shape index (κ2) is 20.8. The first-order chi connectivity index (χ1) is 37.3. The van der Waals surface area contributed by atoms with Crippen LogP contribution < -0.4 is 9.80 Å². The summed E-state index contributed by atoms with van der Waals surface area (Å²) in [7, 11) is 0. The van der Waals surface area contributed by atoms with Gasteiger partial charge in [-0.25, -0.2) is 0 Å². The maximum Gasteiger partial charge on any atom is 0.216 e. The molecule has 0 fully saturated rings. The number of unbranched alkanes of at least 4 members (excludes halogenated alkanes) is 4. The number of hydrogen-bond donors (Lipinski definition) is 2. The van der Waals surface area contributed by atoms with Gasteiger partial charge in [-0.15, -0.1) is 0 Å². The van der Waals surface area contributed by atoms with Crippen LogP contribution in [0.15, 0.2) is 152 Å². The number of hydrogen-bond acceptors (Lipinski definition) is 8. The Morgan fingerprint density at radius 1 is 0.487 bits per heavy atom. The Kier molecular flexibility index (Phi) is 14.6. The van der Waals surface area contributed by atoms with Gasteiger partial charge in [-0.3, -0.25) is 0 Å². The highest BCUT2D eigenvalue weighted by Gasteiger charge is 2.53. The van der Waals surface area contributed by atoms with Crippen LogP contribution in [-0.4, -0.2) is 57.0 Å². The molecule has 0 aromatic heterocycles. The largest absolute Gasteiger partial charge is 0.507 e. The fraction of sp³-hybridized carbons (Fsp3) is 0.412. The Labute approximate surface area is 463 Å². The first-order valence-corrected chi connectivity index (χ1v) is 28.3. The zero-order valence-electron chi connectivity index (χ0n) is 48.0. The minimum atomic E-state index is -0.581. The number of nitrogens with zero attached hydrogens (tertiary/aromatic N) is 8. The van der Waals surface area contributed by atoms with Crippen LogP contribution in [0.25, 0.3) is 0 Å². The number of aliphatic hydroxyl groups excluding tert-OH is 2. The van der Waals surface area contributed by atoms with E-state index in [1.54, 1.807) is 0 Å². The van der Waals surface area contributed by atoms with Gasteiger partial charge in [0.25, 0.3) is 0 Å². The van der Waals surface area contributed by atoms with Crippen LogP contribution in [-0.2, 0) is 21.7 Å². The third kappa shape index (κ3) is 8.48. The van der Waals surface area contributed by atoms with E-state index in [1.807, 2.05) is 24.3 Å². The quantitative estimate of drug-likeness (QED) is 0.106. The van der Waals surface area contributed by atoms with Crippen LogP contribution >= 0.6 is 0 Å². The molecule has 2 N–H and O–H groups in total. The normalized spacial score (nSPS) is 20.9. The van der Waals surface area contributed by atoms with Crippen molar-refractivity contribution in [2.45, 2.75) is 156 Å². The van der Waals surface area contributed by atoms with Gasteiger partial charge in [-0.05, 0) is 82.0 Å². The summed E-state index contributed by atoms with van der Waals surface area (Å²) in [4.78, 5) is 4.67. The molecule has 4 aliphatic heterocycles. The maximum atomic E-state index is 12.3. The Bertz CT molecular complexity index is 3320.